The minimum atomic E-state index is -3.58. The molecule has 0 aliphatic carbocycles. The number of hydrogen-bond donors (Lipinski definition) is 1. The van der Waals surface area contributed by atoms with Gasteiger partial charge in [0.1, 0.15) is 5.82 Å². The molecular formula is C16H23FN2O3S. The molecule has 0 amide bonds. The van der Waals surface area contributed by atoms with E-state index in [1.54, 1.807) is 6.08 Å². The number of sulfonamides is 1. The number of rotatable bonds is 7. The van der Waals surface area contributed by atoms with Crippen LogP contribution in [0.15, 0.2) is 41.8 Å². The molecule has 0 bridgehead atoms. The van der Waals surface area contributed by atoms with Gasteiger partial charge in [-0.2, -0.15) is 4.31 Å². The summed E-state index contributed by atoms with van der Waals surface area (Å²) in [6.07, 6.45) is 2.78. The van der Waals surface area contributed by atoms with E-state index in [1.807, 2.05) is 0 Å². The molecule has 0 radical (unpaired) electrons. The molecule has 1 aliphatic heterocycles. The van der Waals surface area contributed by atoms with E-state index in [1.165, 1.54) is 16.4 Å². The molecule has 1 unspecified atom stereocenters. The Labute approximate surface area is 137 Å². The highest BCUT2D eigenvalue weighted by molar-refractivity contribution is 7.89. The first-order chi connectivity index (χ1) is 10.9. The maximum Gasteiger partial charge on any atom is 0.243 e. The first kappa shape index (κ1) is 18.1. The van der Waals surface area contributed by atoms with Crippen molar-refractivity contribution in [3.05, 3.63) is 42.7 Å². The van der Waals surface area contributed by atoms with Crippen molar-refractivity contribution < 1.29 is 17.9 Å². The molecule has 1 heterocycles. The van der Waals surface area contributed by atoms with Crippen LogP contribution < -0.4 is 0 Å². The summed E-state index contributed by atoms with van der Waals surface area (Å²) in [5.41, 5.74) is 0. The highest BCUT2D eigenvalue weighted by Gasteiger charge is 2.28. The molecule has 1 saturated heterocycles. The second-order valence-corrected chi connectivity index (χ2v) is 7.62. The fourth-order valence-corrected chi connectivity index (χ4v) is 4.03. The standard InChI is InChI=1S/C16H23FN2O3S/c1-2-3-4-15(20)13-18-9-11-19(12-10-18)23(21,22)16-7-5-14(17)6-8-16/h2,5-8,15,20H,1,3-4,9-13H2. The summed E-state index contributed by atoms with van der Waals surface area (Å²) in [6.45, 7) is 6.06. The van der Waals surface area contributed by atoms with Gasteiger partial charge in [-0.3, -0.25) is 4.90 Å². The number of halogens is 1. The van der Waals surface area contributed by atoms with Gasteiger partial charge in [0.25, 0.3) is 0 Å². The van der Waals surface area contributed by atoms with Crippen molar-refractivity contribution >= 4 is 10.0 Å². The van der Waals surface area contributed by atoms with Crippen molar-refractivity contribution in [1.29, 1.82) is 0 Å². The van der Waals surface area contributed by atoms with E-state index in [-0.39, 0.29) is 4.90 Å². The second-order valence-electron chi connectivity index (χ2n) is 5.68. The van der Waals surface area contributed by atoms with Crippen molar-refractivity contribution in [3.63, 3.8) is 0 Å². The molecule has 1 aromatic rings. The van der Waals surface area contributed by atoms with Gasteiger partial charge in [-0.25, -0.2) is 12.8 Å². The number of piperazine rings is 1. The number of hydrogen-bond acceptors (Lipinski definition) is 4. The molecule has 2 rings (SSSR count). The van der Waals surface area contributed by atoms with E-state index in [9.17, 15) is 17.9 Å². The Morgan fingerprint density at radius 2 is 1.83 bits per heavy atom. The molecule has 1 fully saturated rings. The van der Waals surface area contributed by atoms with Gasteiger partial charge in [-0.05, 0) is 37.1 Å². The summed E-state index contributed by atoms with van der Waals surface area (Å²) in [5.74, 6) is -0.456. The molecule has 1 aromatic carbocycles. The van der Waals surface area contributed by atoms with Gasteiger partial charge >= 0.3 is 0 Å². The monoisotopic (exact) mass is 342 g/mol. The normalized spacial score (nSPS) is 18.7. The number of β-amino-alcohol motifs (C(OH)–C–C–N with tert-alkyl or cyclic N) is 1. The summed E-state index contributed by atoms with van der Waals surface area (Å²) in [7, 11) is -3.58. The highest BCUT2D eigenvalue weighted by atomic mass is 32.2. The molecule has 0 spiro atoms. The summed E-state index contributed by atoms with van der Waals surface area (Å²) in [5, 5.41) is 9.91. The fraction of sp³-hybridized carbons (Fsp3) is 0.500. The molecule has 0 saturated carbocycles. The molecule has 5 nitrogen and oxygen atoms in total. The van der Waals surface area contributed by atoms with Crippen molar-refractivity contribution in [1.82, 2.24) is 9.21 Å². The van der Waals surface area contributed by atoms with E-state index in [0.717, 1.165) is 18.6 Å². The zero-order valence-electron chi connectivity index (χ0n) is 13.1. The Kier molecular flexibility index (Phi) is 6.29. The molecular weight excluding hydrogens is 319 g/mol. The number of aliphatic hydroxyl groups excluding tert-OH is 1. The second kappa shape index (κ2) is 8.01. The van der Waals surface area contributed by atoms with E-state index in [0.29, 0.717) is 39.1 Å². The lowest BCUT2D eigenvalue weighted by atomic mass is 10.2. The number of nitrogens with zero attached hydrogens (tertiary/aromatic N) is 2. The minimum absolute atomic E-state index is 0.110. The Balaban J connectivity index is 1.90. The van der Waals surface area contributed by atoms with Crippen LogP contribution >= 0.6 is 0 Å². The summed E-state index contributed by atoms with van der Waals surface area (Å²) >= 11 is 0. The van der Waals surface area contributed by atoms with Gasteiger partial charge in [0.05, 0.1) is 11.0 Å². The van der Waals surface area contributed by atoms with E-state index in [4.69, 9.17) is 0 Å². The number of aliphatic hydroxyl groups is 1. The first-order valence-corrected chi connectivity index (χ1v) is 9.14. The van der Waals surface area contributed by atoms with E-state index < -0.39 is 21.9 Å². The van der Waals surface area contributed by atoms with Gasteiger partial charge in [-0.15, -0.1) is 6.58 Å². The Morgan fingerprint density at radius 3 is 2.39 bits per heavy atom. The largest absolute Gasteiger partial charge is 0.392 e. The topological polar surface area (TPSA) is 60.9 Å². The lowest BCUT2D eigenvalue weighted by molar-refractivity contribution is 0.0871. The third kappa shape index (κ3) is 4.84. The smallest absolute Gasteiger partial charge is 0.243 e. The molecule has 7 heteroatoms. The fourth-order valence-electron chi connectivity index (χ4n) is 2.61. The Hall–Kier alpha value is -1.28. The minimum Gasteiger partial charge on any atom is -0.392 e. The quantitative estimate of drug-likeness (QED) is 0.762. The lowest BCUT2D eigenvalue weighted by Crippen LogP contribution is -2.50. The van der Waals surface area contributed by atoms with E-state index in [2.05, 4.69) is 11.5 Å². The van der Waals surface area contributed by atoms with Crippen molar-refractivity contribution in [2.45, 2.75) is 23.8 Å². The zero-order valence-corrected chi connectivity index (χ0v) is 13.9. The molecule has 1 atom stereocenters. The summed E-state index contributed by atoms with van der Waals surface area (Å²) in [4.78, 5) is 2.17. The van der Waals surface area contributed by atoms with Gasteiger partial charge < -0.3 is 5.11 Å². The number of benzene rings is 1. The van der Waals surface area contributed by atoms with Crippen molar-refractivity contribution in [2.75, 3.05) is 32.7 Å². The molecule has 128 valence electrons. The third-order valence-corrected chi connectivity index (χ3v) is 5.87. The molecule has 23 heavy (non-hydrogen) atoms. The Bertz CT molecular complexity index is 611. The van der Waals surface area contributed by atoms with Crippen LogP contribution in [0, 0.1) is 5.82 Å². The van der Waals surface area contributed by atoms with Crippen LogP contribution in [-0.2, 0) is 10.0 Å². The van der Waals surface area contributed by atoms with Crippen LogP contribution in [0.1, 0.15) is 12.8 Å². The lowest BCUT2D eigenvalue weighted by Gasteiger charge is -2.34. The third-order valence-electron chi connectivity index (χ3n) is 3.96. The summed E-state index contributed by atoms with van der Waals surface area (Å²) in [6, 6.07) is 4.88. The average Bonchev–Trinajstić information content (AvgIpc) is 2.54. The zero-order chi connectivity index (χ0) is 16.9. The van der Waals surface area contributed by atoms with Crippen molar-refractivity contribution in [3.8, 4) is 0 Å². The van der Waals surface area contributed by atoms with Gasteiger partial charge in [0.15, 0.2) is 0 Å². The average molecular weight is 342 g/mol. The first-order valence-electron chi connectivity index (χ1n) is 7.70. The molecule has 0 aromatic heterocycles. The number of allylic oxidation sites excluding steroid dienone is 1. The highest BCUT2D eigenvalue weighted by Crippen LogP contribution is 2.18. The van der Waals surface area contributed by atoms with Crippen LogP contribution in [0.2, 0.25) is 0 Å². The maximum atomic E-state index is 12.9. The van der Waals surface area contributed by atoms with Crippen LogP contribution in [0.3, 0.4) is 0 Å². The Morgan fingerprint density at radius 1 is 1.22 bits per heavy atom. The van der Waals surface area contributed by atoms with E-state index >= 15 is 0 Å². The van der Waals surface area contributed by atoms with Crippen LogP contribution in [-0.4, -0.2) is 61.6 Å². The molecule has 1 N–H and O–H groups in total. The predicted octanol–water partition coefficient (Wildman–Crippen LogP) is 1.46. The SMILES string of the molecule is C=CCCC(O)CN1CCN(S(=O)(=O)c2ccc(F)cc2)CC1. The van der Waals surface area contributed by atoms with Gasteiger partial charge in [0.2, 0.25) is 10.0 Å². The predicted molar refractivity (Wildman–Crippen MR) is 87.0 cm³/mol. The summed E-state index contributed by atoms with van der Waals surface area (Å²) < 4.78 is 39.3. The van der Waals surface area contributed by atoms with Crippen molar-refractivity contribution in [2.24, 2.45) is 0 Å². The van der Waals surface area contributed by atoms with Gasteiger partial charge in [0, 0.05) is 32.7 Å². The van der Waals surface area contributed by atoms with Crippen LogP contribution in [0.4, 0.5) is 4.39 Å². The van der Waals surface area contributed by atoms with Gasteiger partial charge in [-0.1, -0.05) is 6.08 Å². The van der Waals surface area contributed by atoms with Crippen LogP contribution in [0.5, 0.6) is 0 Å². The molecule has 1 aliphatic rings. The maximum absolute atomic E-state index is 12.9. The van der Waals surface area contributed by atoms with Crippen LogP contribution in [0.25, 0.3) is 0 Å².